The van der Waals surface area contributed by atoms with E-state index in [1.54, 1.807) is 0 Å². The summed E-state index contributed by atoms with van der Waals surface area (Å²) < 4.78 is 2.02. The van der Waals surface area contributed by atoms with E-state index in [1.165, 1.54) is 0 Å². The van der Waals surface area contributed by atoms with Crippen LogP contribution in [0, 0.1) is 19.8 Å². The lowest BCUT2D eigenvalue weighted by Gasteiger charge is -2.13. The normalized spacial score (nSPS) is 12.4. The van der Waals surface area contributed by atoms with Crippen LogP contribution in [0.4, 0.5) is 0 Å². The molecule has 2 N–H and O–H groups in total. The second kappa shape index (κ2) is 8.70. The molecule has 0 aliphatic carbocycles. The van der Waals surface area contributed by atoms with Crippen LogP contribution in [0.2, 0.25) is 0 Å². The van der Waals surface area contributed by atoms with Gasteiger partial charge < -0.3 is 10.4 Å². The van der Waals surface area contributed by atoms with Gasteiger partial charge in [0.1, 0.15) is 0 Å². The third-order valence-corrected chi connectivity index (χ3v) is 3.87. The first kappa shape index (κ1) is 19.2. The highest BCUT2D eigenvalue weighted by Gasteiger charge is 2.15. The van der Waals surface area contributed by atoms with Crippen LogP contribution in [0.1, 0.15) is 57.0 Å². The molecule has 130 valence electrons. The van der Waals surface area contributed by atoms with Gasteiger partial charge in [-0.25, -0.2) is 0 Å². The van der Waals surface area contributed by atoms with Gasteiger partial charge in [0, 0.05) is 31.1 Å². The number of aromatic nitrogens is 2. The first-order valence-corrected chi connectivity index (χ1v) is 8.24. The monoisotopic (exact) mass is 323 g/mol. The molecular formula is C17H29N3O3. The minimum Gasteiger partial charge on any atom is -0.481 e. The van der Waals surface area contributed by atoms with Gasteiger partial charge in [-0.2, -0.15) is 5.10 Å². The molecule has 0 aliphatic rings. The van der Waals surface area contributed by atoms with E-state index < -0.39 is 5.97 Å². The van der Waals surface area contributed by atoms with E-state index >= 15 is 0 Å². The number of carbonyl (C=O) groups is 2. The quantitative estimate of drug-likeness (QED) is 0.731. The Kier molecular flexibility index (Phi) is 7.26. The van der Waals surface area contributed by atoms with Crippen LogP contribution in [-0.2, 0) is 22.6 Å². The van der Waals surface area contributed by atoms with Gasteiger partial charge in [0.15, 0.2) is 0 Å². The Hall–Kier alpha value is -1.85. The van der Waals surface area contributed by atoms with Crippen LogP contribution in [0.3, 0.4) is 0 Å². The van der Waals surface area contributed by atoms with Crippen molar-refractivity contribution in [2.24, 2.45) is 5.92 Å². The lowest BCUT2D eigenvalue weighted by atomic mass is 10.1. The zero-order valence-electron chi connectivity index (χ0n) is 14.8. The summed E-state index contributed by atoms with van der Waals surface area (Å²) in [4.78, 5) is 22.5. The van der Waals surface area contributed by atoms with E-state index in [2.05, 4.69) is 24.3 Å². The Bertz CT molecular complexity index is 550. The molecule has 1 atom stereocenters. The Balaban J connectivity index is 2.53. The summed E-state index contributed by atoms with van der Waals surface area (Å²) in [6, 6.07) is -0.121. The molecule has 6 heteroatoms. The Labute approximate surface area is 138 Å². The molecule has 1 heterocycles. The predicted molar refractivity (Wildman–Crippen MR) is 89.3 cm³/mol. The number of nitrogens with zero attached hydrogens (tertiary/aromatic N) is 2. The van der Waals surface area contributed by atoms with Gasteiger partial charge in [-0.05, 0) is 45.1 Å². The van der Waals surface area contributed by atoms with Crippen molar-refractivity contribution in [2.45, 2.75) is 72.9 Å². The zero-order chi connectivity index (χ0) is 17.6. The zero-order valence-corrected chi connectivity index (χ0v) is 14.8. The molecule has 0 radical (unpaired) electrons. The van der Waals surface area contributed by atoms with Gasteiger partial charge >= 0.3 is 5.97 Å². The van der Waals surface area contributed by atoms with Crippen LogP contribution in [0.25, 0.3) is 0 Å². The number of hydrogen-bond acceptors (Lipinski definition) is 3. The fourth-order valence-corrected chi connectivity index (χ4v) is 2.62. The molecule has 23 heavy (non-hydrogen) atoms. The van der Waals surface area contributed by atoms with Crippen molar-refractivity contribution >= 4 is 11.9 Å². The average molecular weight is 323 g/mol. The molecule has 0 fully saturated rings. The molecule has 6 nitrogen and oxygen atoms in total. The first-order valence-electron chi connectivity index (χ1n) is 8.24. The van der Waals surface area contributed by atoms with Crippen LogP contribution in [-0.4, -0.2) is 32.8 Å². The van der Waals surface area contributed by atoms with Crippen molar-refractivity contribution in [1.29, 1.82) is 0 Å². The second-order valence-electron chi connectivity index (χ2n) is 6.63. The topological polar surface area (TPSA) is 84.2 Å². The van der Waals surface area contributed by atoms with E-state index in [4.69, 9.17) is 5.11 Å². The van der Waals surface area contributed by atoms with E-state index in [1.807, 2.05) is 25.5 Å². The van der Waals surface area contributed by atoms with Crippen molar-refractivity contribution in [2.75, 3.05) is 0 Å². The third kappa shape index (κ3) is 6.42. The first-order chi connectivity index (χ1) is 10.7. The maximum atomic E-state index is 12.0. The standard InChI is InChI=1S/C17H29N3O3/c1-11(2)10-20-14(5)15(13(4)19-20)7-8-16(21)18-12(3)6-9-17(22)23/h11-12H,6-10H2,1-5H3,(H,18,21)(H,22,23). The molecule has 1 unspecified atom stereocenters. The highest BCUT2D eigenvalue weighted by Crippen LogP contribution is 2.16. The van der Waals surface area contributed by atoms with Crippen LogP contribution in [0.5, 0.6) is 0 Å². The number of aryl methyl sites for hydroxylation is 1. The number of nitrogens with one attached hydrogen (secondary N) is 1. The summed E-state index contributed by atoms with van der Waals surface area (Å²) in [5.41, 5.74) is 3.25. The predicted octanol–water partition coefficient (Wildman–Crippen LogP) is 2.46. The molecule has 0 aromatic carbocycles. The Morgan fingerprint density at radius 1 is 1.22 bits per heavy atom. The van der Waals surface area contributed by atoms with E-state index in [0.717, 1.165) is 23.5 Å². The lowest BCUT2D eigenvalue weighted by Crippen LogP contribution is -2.33. The fourth-order valence-electron chi connectivity index (χ4n) is 2.62. The lowest BCUT2D eigenvalue weighted by molar-refractivity contribution is -0.137. The summed E-state index contributed by atoms with van der Waals surface area (Å²) in [6.45, 7) is 11.0. The summed E-state index contributed by atoms with van der Waals surface area (Å²) in [7, 11) is 0. The number of amides is 1. The van der Waals surface area contributed by atoms with Crippen LogP contribution < -0.4 is 5.32 Å². The van der Waals surface area contributed by atoms with Crippen molar-refractivity contribution in [3.05, 3.63) is 17.0 Å². The van der Waals surface area contributed by atoms with Crippen LogP contribution >= 0.6 is 0 Å². The van der Waals surface area contributed by atoms with Crippen molar-refractivity contribution in [3.63, 3.8) is 0 Å². The molecule has 0 saturated heterocycles. The number of rotatable bonds is 9. The molecular weight excluding hydrogens is 294 g/mol. The molecule has 1 aromatic heterocycles. The smallest absolute Gasteiger partial charge is 0.303 e. The van der Waals surface area contributed by atoms with Gasteiger partial charge in [0.25, 0.3) is 0 Å². The van der Waals surface area contributed by atoms with E-state index in [0.29, 0.717) is 25.2 Å². The largest absolute Gasteiger partial charge is 0.481 e. The SMILES string of the molecule is Cc1nn(CC(C)C)c(C)c1CCC(=O)NC(C)CCC(=O)O. The Morgan fingerprint density at radius 2 is 1.87 bits per heavy atom. The summed E-state index contributed by atoms with van der Waals surface area (Å²) in [5.74, 6) is -0.354. The molecule has 0 saturated carbocycles. The van der Waals surface area contributed by atoms with Crippen LogP contribution in [0.15, 0.2) is 0 Å². The van der Waals surface area contributed by atoms with Gasteiger partial charge in [-0.3, -0.25) is 14.3 Å². The maximum absolute atomic E-state index is 12.0. The van der Waals surface area contributed by atoms with Gasteiger partial charge in [-0.15, -0.1) is 0 Å². The minimum absolute atomic E-state index is 0.0432. The van der Waals surface area contributed by atoms with Crippen molar-refractivity contribution < 1.29 is 14.7 Å². The van der Waals surface area contributed by atoms with Gasteiger partial charge in [0.05, 0.1) is 5.69 Å². The molecule has 0 aliphatic heterocycles. The molecule has 0 spiro atoms. The van der Waals surface area contributed by atoms with E-state index in [-0.39, 0.29) is 18.4 Å². The number of carboxylic acid groups (broad SMARTS) is 1. The number of aliphatic carboxylic acids is 1. The Morgan fingerprint density at radius 3 is 2.43 bits per heavy atom. The maximum Gasteiger partial charge on any atom is 0.303 e. The number of carbonyl (C=O) groups excluding carboxylic acids is 1. The van der Waals surface area contributed by atoms with E-state index in [9.17, 15) is 9.59 Å². The summed E-state index contributed by atoms with van der Waals surface area (Å²) in [5, 5.41) is 16.1. The minimum atomic E-state index is -0.838. The molecule has 1 rings (SSSR count). The summed E-state index contributed by atoms with van der Waals surface area (Å²) >= 11 is 0. The third-order valence-electron chi connectivity index (χ3n) is 3.87. The average Bonchev–Trinajstić information content (AvgIpc) is 2.68. The second-order valence-corrected chi connectivity index (χ2v) is 6.63. The van der Waals surface area contributed by atoms with Gasteiger partial charge in [-0.1, -0.05) is 13.8 Å². The fraction of sp³-hybridized carbons (Fsp3) is 0.706. The molecule has 1 aromatic rings. The highest BCUT2D eigenvalue weighted by molar-refractivity contribution is 5.76. The highest BCUT2D eigenvalue weighted by atomic mass is 16.4. The van der Waals surface area contributed by atoms with Crippen molar-refractivity contribution in [3.8, 4) is 0 Å². The molecule has 1 amide bonds. The number of hydrogen-bond donors (Lipinski definition) is 2. The summed E-state index contributed by atoms with van der Waals surface area (Å²) in [6.07, 6.45) is 1.58. The van der Waals surface area contributed by atoms with Crippen molar-refractivity contribution in [1.82, 2.24) is 15.1 Å². The van der Waals surface area contributed by atoms with Gasteiger partial charge in [0.2, 0.25) is 5.91 Å². The molecule has 0 bridgehead atoms. The number of carboxylic acids is 1.